The number of hydrogen-bond donors (Lipinski definition) is 1. The number of amides is 1. The number of aromatic amines is 1. The monoisotopic (exact) mass is 328 g/mol. The summed E-state index contributed by atoms with van der Waals surface area (Å²) in [6.45, 7) is 3.77. The lowest BCUT2D eigenvalue weighted by atomic mass is 10.2. The zero-order valence-corrected chi connectivity index (χ0v) is 13.3. The van der Waals surface area contributed by atoms with Crippen LogP contribution in [0, 0.1) is 0 Å². The maximum atomic E-state index is 12.7. The average molecular weight is 328 g/mol. The highest BCUT2D eigenvalue weighted by Crippen LogP contribution is 2.26. The lowest BCUT2D eigenvalue weighted by molar-refractivity contribution is 0.0630. The summed E-state index contributed by atoms with van der Waals surface area (Å²) in [4.78, 5) is 17.7. The first-order valence-corrected chi connectivity index (χ1v) is 8.34. The van der Waals surface area contributed by atoms with Crippen LogP contribution in [-0.4, -0.2) is 62.5 Å². The summed E-state index contributed by atoms with van der Waals surface area (Å²) >= 11 is 1.57. The van der Waals surface area contributed by atoms with Gasteiger partial charge in [0.1, 0.15) is 0 Å². The number of aromatic nitrogens is 4. The van der Waals surface area contributed by atoms with Gasteiger partial charge in [-0.05, 0) is 17.5 Å². The first-order chi connectivity index (χ1) is 11.3. The Kier molecular flexibility index (Phi) is 3.76. The normalized spacial score (nSPS) is 16.1. The fraction of sp³-hybridized carbons (Fsp3) is 0.333. The highest BCUT2D eigenvalue weighted by molar-refractivity contribution is 7.20. The molecule has 7 nitrogen and oxygen atoms in total. The Labute approximate surface area is 136 Å². The number of benzene rings is 1. The highest BCUT2D eigenvalue weighted by Gasteiger charge is 2.24. The van der Waals surface area contributed by atoms with Gasteiger partial charge in [0.25, 0.3) is 5.91 Å². The van der Waals surface area contributed by atoms with Gasteiger partial charge >= 0.3 is 0 Å². The van der Waals surface area contributed by atoms with Crippen molar-refractivity contribution in [2.45, 2.75) is 6.54 Å². The molecule has 0 spiro atoms. The van der Waals surface area contributed by atoms with Gasteiger partial charge in [-0.15, -0.1) is 21.5 Å². The molecule has 1 aliphatic heterocycles. The van der Waals surface area contributed by atoms with E-state index in [0.717, 1.165) is 41.1 Å². The standard InChI is InChI=1S/C15H16N6OS/c22-15(13-9-11-3-1-2-4-12(11)23-13)21-7-5-20(6-8-21)10-14-16-18-19-17-14/h1-4,9H,5-8,10H2,(H,16,17,18,19). The van der Waals surface area contributed by atoms with E-state index in [1.807, 2.05) is 29.2 Å². The second-order valence-corrected chi connectivity index (χ2v) is 6.63. The van der Waals surface area contributed by atoms with E-state index in [0.29, 0.717) is 12.4 Å². The summed E-state index contributed by atoms with van der Waals surface area (Å²) < 4.78 is 1.16. The first-order valence-electron chi connectivity index (χ1n) is 7.52. The minimum Gasteiger partial charge on any atom is -0.335 e. The molecular weight excluding hydrogens is 312 g/mol. The predicted octanol–water partition coefficient (Wildman–Crippen LogP) is 1.37. The summed E-state index contributed by atoms with van der Waals surface area (Å²) in [6.07, 6.45) is 0. The average Bonchev–Trinajstić information content (AvgIpc) is 3.24. The largest absolute Gasteiger partial charge is 0.335 e. The molecule has 1 aromatic carbocycles. The zero-order valence-electron chi connectivity index (χ0n) is 12.5. The summed E-state index contributed by atoms with van der Waals surface area (Å²) in [7, 11) is 0. The molecule has 2 aromatic heterocycles. The van der Waals surface area contributed by atoms with Crippen molar-refractivity contribution in [3.63, 3.8) is 0 Å². The van der Waals surface area contributed by atoms with Crippen LogP contribution < -0.4 is 0 Å². The molecule has 8 heteroatoms. The third-order valence-corrected chi connectivity index (χ3v) is 5.15. The van der Waals surface area contributed by atoms with Gasteiger partial charge in [-0.1, -0.05) is 23.4 Å². The number of fused-ring (bicyclic) bond motifs is 1. The number of thiophene rings is 1. The molecule has 1 saturated heterocycles. The molecule has 1 aliphatic rings. The lowest BCUT2D eigenvalue weighted by Crippen LogP contribution is -2.48. The molecule has 118 valence electrons. The maximum Gasteiger partial charge on any atom is 0.264 e. The molecule has 4 rings (SSSR count). The van der Waals surface area contributed by atoms with Crippen LogP contribution in [0.4, 0.5) is 0 Å². The molecule has 0 radical (unpaired) electrons. The number of tetrazole rings is 1. The van der Waals surface area contributed by atoms with E-state index in [-0.39, 0.29) is 5.91 Å². The summed E-state index contributed by atoms with van der Waals surface area (Å²) in [5.74, 6) is 0.819. The Balaban J connectivity index is 1.40. The number of rotatable bonds is 3. The minimum absolute atomic E-state index is 0.130. The van der Waals surface area contributed by atoms with E-state index in [4.69, 9.17) is 0 Å². The van der Waals surface area contributed by atoms with Crippen molar-refractivity contribution in [3.05, 3.63) is 41.0 Å². The van der Waals surface area contributed by atoms with Crippen molar-refractivity contribution in [1.29, 1.82) is 0 Å². The molecule has 3 aromatic rings. The van der Waals surface area contributed by atoms with Gasteiger partial charge in [-0.3, -0.25) is 9.69 Å². The number of carbonyl (C=O) groups is 1. The quantitative estimate of drug-likeness (QED) is 0.786. The highest BCUT2D eigenvalue weighted by atomic mass is 32.1. The molecule has 23 heavy (non-hydrogen) atoms. The predicted molar refractivity (Wildman–Crippen MR) is 87.2 cm³/mol. The second kappa shape index (κ2) is 6.05. The third kappa shape index (κ3) is 2.95. The zero-order chi connectivity index (χ0) is 15.6. The molecule has 0 saturated carbocycles. The Hall–Kier alpha value is -2.32. The minimum atomic E-state index is 0.130. The van der Waals surface area contributed by atoms with Crippen molar-refractivity contribution < 1.29 is 4.79 Å². The topological polar surface area (TPSA) is 78.0 Å². The van der Waals surface area contributed by atoms with Crippen molar-refractivity contribution in [2.24, 2.45) is 0 Å². The first kappa shape index (κ1) is 14.3. The van der Waals surface area contributed by atoms with Crippen molar-refractivity contribution in [1.82, 2.24) is 30.4 Å². The van der Waals surface area contributed by atoms with Gasteiger partial charge in [0.15, 0.2) is 5.82 Å². The van der Waals surface area contributed by atoms with E-state index >= 15 is 0 Å². The fourth-order valence-corrected chi connectivity index (χ4v) is 3.83. The van der Waals surface area contributed by atoms with Crippen LogP contribution >= 0.6 is 11.3 Å². The van der Waals surface area contributed by atoms with Crippen LogP contribution in [0.3, 0.4) is 0 Å². The molecule has 1 N–H and O–H groups in total. The van der Waals surface area contributed by atoms with E-state index < -0.39 is 0 Å². The van der Waals surface area contributed by atoms with Gasteiger partial charge in [-0.2, -0.15) is 5.21 Å². The van der Waals surface area contributed by atoms with E-state index in [1.54, 1.807) is 11.3 Å². The second-order valence-electron chi connectivity index (χ2n) is 5.54. The van der Waals surface area contributed by atoms with E-state index in [1.165, 1.54) is 0 Å². The smallest absolute Gasteiger partial charge is 0.264 e. The van der Waals surface area contributed by atoms with E-state index in [2.05, 4.69) is 31.6 Å². The Morgan fingerprint density at radius 1 is 1.22 bits per heavy atom. The number of carbonyl (C=O) groups excluding carboxylic acids is 1. The van der Waals surface area contributed by atoms with Gasteiger partial charge in [0, 0.05) is 30.9 Å². The number of hydrogen-bond acceptors (Lipinski definition) is 6. The summed E-state index contributed by atoms with van der Waals surface area (Å²) in [6, 6.07) is 10.1. The SMILES string of the molecule is O=C(c1cc2ccccc2s1)N1CCN(Cc2nn[nH]n2)CC1. The van der Waals surface area contributed by atoms with Crippen LogP contribution in [0.25, 0.3) is 10.1 Å². The molecule has 3 heterocycles. The number of H-pyrrole nitrogens is 1. The Morgan fingerprint density at radius 3 is 2.78 bits per heavy atom. The van der Waals surface area contributed by atoms with Crippen molar-refractivity contribution >= 4 is 27.3 Å². The number of piperazine rings is 1. The maximum absolute atomic E-state index is 12.7. The van der Waals surface area contributed by atoms with Crippen LogP contribution in [-0.2, 0) is 6.54 Å². The lowest BCUT2D eigenvalue weighted by Gasteiger charge is -2.33. The molecule has 0 unspecified atom stereocenters. The summed E-state index contributed by atoms with van der Waals surface area (Å²) in [5, 5.41) is 15.1. The van der Waals surface area contributed by atoms with Crippen LogP contribution in [0.2, 0.25) is 0 Å². The van der Waals surface area contributed by atoms with Crippen LogP contribution in [0.1, 0.15) is 15.5 Å². The molecule has 0 atom stereocenters. The van der Waals surface area contributed by atoms with Crippen LogP contribution in [0.15, 0.2) is 30.3 Å². The third-order valence-electron chi connectivity index (χ3n) is 4.05. The van der Waals surface area contributed by atoms with Gasteiger partial charge in [0.2, 0.25) is 0 Å². The molecule has 1 amide bonds. The Bertz CT molecular complexity index is 773. The van der Waals surface area contributed by atoms with Gasteiger partial charge in [-0.25, -0.2) is 0 Å². The van der Waals surface area contributed by atoms with Gasteiger partial charge in [0.05, 0.1) is 11.4 Å². The molecule has 0 aliphatic carbocycles. The fourth-order valence-electron chi connectivity index (χ4n) is 2.80. The van der Waals surface area contributed by atoms with Crippen molar-refractivity contribution in [2.75, 3.05) is 26.2 Å². The number of nitrogens with zero attached hydrogens (tertiary/aromatic N) is 5. The summed E-state index contributed by atoms with van der Waals surface area (Å²) in [5.41, 5.74) is 0. The van der Waals surface area contributed by atoms with Gasteiger partial charge < -0.3 is 4.90 Å². The Morgan fingerprint density at radius 2 is 2.04 bits per heavy atom. The van der Waals surface area contributed by atoms with E-state index in [9.17, 15) is 4.79 Å². The molecule has 0 bridgehead atoms. The van der Waals surface area contributed by atoms with Crippen molar-refractivity contribution in [3.8, 4) is 0 Å². The molecular formula is C15H16N6OS. The van der Waals surface area contributed by atoms with Crippen LogP contribution in [0.5, 0.6) is 0 Å². The number of nitrogens with one attached hydrogen (secondary N) is 1. The molecule has 1 fully saturated rings.